The van der Waals surface area contributed by atoms with Crippen LogP contribution in [0.3, 0.4) is 0 Å². The molecule has 4 saturated carbocycles. The van der Waals surface area contributed by atoms with Crippen LogP contribution in [0.15, 0.2) is 36.0 Å². The number of hydrogen-bond acceptors (Lipinski definition) is 0. The van der Waals surface area contributed by atoms with E-state index in [4.69, 9.17) is 0 Å². The molecule has 146 valence electrons. The third-order valence-electron chi connectivity index (χ3n) is 9.34. The monoisotopic (exact) mass is 410 g/mol. The molecule has 27 heavy (non-hydrogen) atoms. The largest absolute Gasteiger partial charge is 0.0942 e. The van der Waals surface area contributed by atoms with Crippen molar-refractivity contribution < 1.29 is 0 Å². The molecule has 1 spiro atoms. The maximum atomic E-state index is 3.03. The molecular formula is C24H38Si3. The van der Waals surface area contributed by atoms with E-state index in [1.807, 2.05) is 5.57 Å². The summed E-state index contributed by atoms with van der Waals surface area (Å²) in [6.07, 6.45) is 7.85. The minimum absolute atomic E-state index is 0.650. The van der Waals surface area contributed by atoms with Gasteiger partial charge in [0.05, 0.1) is 7.11 Å². The zero-order valence-electron chi connectivity index (χ0n) is 18.3. The fourth-order valence-electron chi connectivity index (χ4n) is 9.34. The first-order chi connectivity index (χ1) is 12.6. The van der Waals surface area contributed by atoms with Crippen molar-refractivity contribution in [1.29, 1.82) is 0 Å². The second-order valence-electron chi connectivity index (χ2n) is 12.4. The van der Waals surface area contributed by atoms with Crippen LogP contribution in [-0.2, 0) is 0 Å². The molecule has 0 amide bonds. The standard InChI is InChI=1S/C24H38Si3/c1-25(2,3)27(26(4,5)6)17-23(20-10-8-7-9-11-20)24(27)21-13-18-12-19(15-21)16-22(24)14-18/h7-11,17-19,21-22H,12-16H2,1-6H3. The van der Waals surface area contributed by atoms with Crippen molar-refractivity contribution in [1.82, 2.24) is 0 Å². The fraction of sp³-hybridized carbons (Fsp3) is 0.667. The van der Waals surface area contributed by atoms with Crippen molar-refractivity contribution in [3.63, 3.8) is 0 Å². The summed E-state index contributed by atoms with van der Waals surface area (Å²) in [5, 5.41) is 0.650. The van der Waals surface area contributed by atoms with E-state index in [1.165, 1.54) is 0 Å². The van der Waals surface area contributed by atoms with Crippen LogP contribution in [0.25, 0.3) is 5.57 Å². The van der Waals surface area contributed by atoms with Crippen molar-refractivity contribution in [3.05, 3.63) is 41.6 Å². The topological polar surface area (TPSA) is 0 Å². The lowest BCUT2D eigenvalue weighted by molar-refractivity contribution is -0.00747. The van der Waals surface area contributed by atoms with Crippen LogP contribution in [0.4, 0.5) is 0 Å². The summed E-state index contributed by atoms with van der Waals surface area (Å²) in [6.45, 7) is 16.6. The smallest absolute Gasteiger partial charge is 0.0764 e. The van der Waals surface area contributed by atoms with Crippen LogP contribution in [0.1, 0.15) is 37.7 Å². The first kappa shape index (κ1) is 18.6. The lowest BCUT2D eigenvalue weighted by atomic mass is 9.49. The van der Waals surface area contributed by atoms with E-state index in [0.29, 0.717) is 5.04 Å². The Morgan fingerprint density at radius 3 is 1.67 bits per heavy atom. The molecule has 5 aliphatic rings. The summed E-state index contributed by atoms with van der Waals surface area (Å²) < 4.78 is 0. The lowest BCUT2D eigenvalue weighted by Gasteiger charge is -2.77. The second-order valence-corrected chi connectivity index (χ2v) is 39.4. The van der Waals surface area contributed by atoms with Gasteiger partial charge in [-0.2, -0.15) is 0 Å². The highest BCUT2D eigenvalue weighted by molar-refractivity contribution is 7.72. The molecule has 1 aliphatic heterocycles. The Kier molecular flexibility index (Phi) is 3.87. The molecule has 1 aromatic rings. The number of allylic oxidation sites excluding steroid dienone is 1. The van der Waals surface area contributed by atoms with Gasteiger partial charge >= 0.3 is 0 Å². The molecule has 0 N–H and O–H groups in total. The summed E-state index contributed by atoms with van der Waals surface area (Å²) in [5.41, 5.74) is 6.47. The fourth-order valence-corrected chi connectivity index (χ4v) is 59.4. The van der Waals surface area contributed by atoms with Crippen molar-refractivity contribution in [2.75, 3.05) is 0 Å². The Hall–Kier alpha value is -0.389. The van der Waals surface area contributed by atoms with Crippen LogP contribution < -0.4 is 0 Å². The average molecular weight is 411 g/mol. The van der Waals surface area contributed by atoms with Crippen LogP contribution in [0.5, 0.6) is 0 Å². The summed E-state index contributed by atoms with van der Waals surface area (Å²) in [4.78, 5) is 0. The summed E-state index contributed by atoms with van der Waals surface area (Å²) in [7, 11) is -3.92. The van der Waals surface area contributed by atoms with Gasteiger partial charge in [-0.1, -0.05) is 75.3 Å². The van der Waals surface area contributed by atoms with Crippen LogP contribution in [0, 0.1) is 23.7 Å². The molecule has 0 saturated heterocycles. The molecule has 0 atom stereocenters. The van der Waals surface area contributed by atoms with Crippen molar-refractivity contribution in [2.24, 2.45) is 23.7 Å². The summed E-state index contributed by atoms with van der Waals surface area (Å²) >= 11 is 0. The lowest BCUT2D eigenvalue weighted by Crippen LogP contribution is -2.84. The highest BCUT2D eigenvalue weighted by Gasteiger charge is 2.77. The summed E-state index contributed by atoms with van der Waals surface area (Å²) in [6, 6.07) is 11.6. The molecule has 0 unspecified atom stereocenters. The van der Waals surface area contributed by atoms with Gasteiger partial charge in [-0.25, -0.2) is 0 Å². The Morgan fingerprint density at radius 1 is 0.741 bits per heavy atom. The van der Waals surface area contributed by atoms with E-state index < -0.39 is 22.3 Å². The molecule has 0 aromatic heterocycles. The minimum Gasteiger partial charge on any atom is -0.0942 e. The van der Waals surface area contributed by atoms with Gasteiger partial charge in [0.15, 0.2) is 0 Å². The van der Waals surface area contributed by atoms with E-state index in [9.17, 15) is 0 Å². The minimum atomic E-state index is -1.43. The predicted octanol–water partition coefficient (Wildman–Crippen LogP) is 7.10. The molecule has 1 heterocycles. The van der Waals surface area contributed by atoms with Gasteiger partial charge in [0.25, 0.3) is 0 Å². The first-order valence-corrected chi connectivity index (χ1v) is 22.5. The molecule has 3 heteroatoms. The molecule has 0 radical (unpaired) electrons. The summed E-state index contributed by atoms with van der Waals surface area (Å²) in [5.74, 6) is 4.20. The normalized spacial score (nSPS) is 39.4. The maximum absolute atomic E-state index is 3.03. The predicted molar refractivity (Wildman–Crippen MR) is 127 cm³/mol. The SMILES string of the molecule is C[Si](C)(C)[Si]1([Si](C)(C)C)C=C(c2ccccc2)C12C1CC3CC(C1)CC2C3. The van der Waals surface area contributed by atoms with Gasteiger partial charge in [0.1, 0.15) is 0 Å². The van der Waals surface area contributed by atoms with Crippen LogP contribution in [0.2, 0.25) is 44.3 Å². The molecular weight excluding hydrogens is 373 g/mol. The van der Waals surface area contributed by atoms with Crippen LogP contribution in [-0.4, -0.2) is 22.3 Å². The van der Waals surface area contributed by atoms with E-state index >= 15 is 0 Å². The van der Waals surface area contributed by atoms with Gasteiger partial charge < -0.3 is 0 Å². The first-order valence-electron chi connectivity index (χ1n) is 11.4. The zero-order valence-corrected chi connectivity index (χ0v) is 21.3. The van der Waals surface area contributed by atoms with E-state index in [-0.39, 0.29) is 0 Å². The van der Waals surface area contributed by atoms with E-state index in [0.717, 1.165) is 23.7 Å². The van der Waals surface area contributed by atoms with Gasteiger partial charge in [0.2, 0.25) is 0 Å². The number of rotatable bonds is 3. The zero-order chi connectivity index (χ0) is 19.2. The average Bonchev–Trinajstić information content (AvgIpc) is 2.51. The van der Waals surface area contributed by atoms with Crippen molar-refractivity contribution in [3.8, 4) is 0 Å². The molecule has 0 nitrogen and oxygen atoms in total. The molecule has 6 rings (SSSR count). The molecule has 1 aromatic carbocycles. The third kappa shape index (κ3) is 2.14. The number of hydrogen-bond donors (Lipinski definition) is 0. The van der Waals surface area contributed by atoms with E-state index in [2.05, 4.69) is 75.3 Å². The Balaban J connectivity index is 1.78. The highest BCUT2D eigenvalue weighted by Crippen LogP contribution is 2.80. The second kappa shape index (κ2) is 5.60. The third-order valence-corrected chi connectivity index (χ3v) is 48.2. The molecule has 4 aliphatic carbocycles. The van der Waals surface area contributed by atoms with Crippen molar-refractivity contribution >= 4 is 27.9 Å². The van der Waals surface area contributed by atoms with Gasteiger partial charge in [-0.05, 0) is 72.0 Å². The van der Waals surface area contributed by atoms with Crippen LogP contribution >= 0.6 is 0 Å². The van der Waals surface area contributed by atoms with E-state index in [1.54, 1.807) is 37.7 Å². The molecule has 4 fully saturated rings. The van der Waals surface area contributed by atoms with Crippen molar-refractivity contribution in [2.45, 2.75) is 76.4 Å². The van der Waals surface area contributed by atoms with Gasteiger partial charge in [-0.3, -0.25) is 0 Å². The quantitative estimate of drug-likeness (QED) is 0.466. The van der Waals surface area contributed by atoms with Gasteiger partial charge in [0, 0.05) is 15.2 Å². The van der Waals surface area contributed by atoms with Gasteiger partial charge in [-0.15, -0.1) is 0 Å². The Bertz CT molecular complexity index is 736. The number of benzene rings is 1. The maximum Gasteiger partial charge on any atom is 0.0764 e. The highest BCUT2D eigenvalue weighted by atomic mass is 29.6. The Morgan fingerprint density at radius 2 is 1.22 bits per heavy atom. The Labute approximate surface area is 169 Å². The molecule has 4 bridgehead atoms.